The molecule has 0 fully saturated rings. The van der Waals surface area contributed by atoms with Crippen LogP contribution in [0.1, 0.15) is 57.0 Å². The molecule has 0 spiro atoms. The second-order valence-corrected chi connectivity index (χ2v) is 4.92. The number of carbonyl (C=O) groups excluding carboxylic acids is 1. The van der Waals surface area contributed by atoms with Gasteiger partial charge in [-0.2, -0.15) is 0 Å². The second kappa shape index (κ2) is 4.04. The lowest BCUT2D eigenvalue weighted by molar-refractivity contribution is 0.0889. The molecule has 0 aliphatic carbocycles. The van der Waals surface area contributed by atoms with E-state index in [1.165, 1.54) is 6.20 Å². The van der Waals surface area contributed by atoms with Crippen molar-refractivity contribution < 1.29 is 9.21 Å². The Morgan fingerprint density at radius 3 is 2.47 bits per heavy atom. The van der Waals surface area contributed by atoms with Gasteiger partial charge >= 0.3 is 0 Å². The minimum Gasteiger partial charge on any atom is -0.435 e. The summed E-state index contributed by atoms with van der Waals surface area (Å²) in [6.45, 7) is 9.70. The Kier molecular flexibility index (Phi) is 3.17. The van der Waals surface area contributed by atoms with Gasteiger partial charge in [0.15, 0.2) is 5.89 Å². The zero-order chi connectivity index (χ0) is 11.6. The van der Waals surface area contributed by atoms with Crippen LogP contribution in [-0.4, -0.2) is 16.4 Å². The second-order valence-electron chi connectivity index (χ2n) is 4.92. The Morgan fingerprint density at radius 1 is 1.47 bits per heavy atom. The zero-order valence-corrected chi connectivity index (χ0v) is 9.92. The first-order chi connectivity index (χ1) is 6.79. The summed E-state index contributed by atoms with van der Waals surface area (Å²) in [5.74, 6) is 0.839. The van der Waals surface area contributed by atoms with Crippen molar-refractivity contribution in [3.05, 3.63) is 17.8 Å². The average molecular weight is 210 g/mol. The number of nitrogens with one attached hydrogen (secondary N) is 1. The van der Waals surface area contributed by atoms with Crippen molar-refractivity contribution in [1.29, 1.82) is 0 Å². The minimum absolute atomic E-state index is 0.196. The maximum atomic E-state index is 11.7. The third-order valence-electron chi connectivity index (χ3n) is 1.73. The molecule has 0 bridgehead atoms. The number of rotatable bonds is 2. The fraction of sp³-hybridized carbons (Fsp3) is 0.636. The molecule has 0 aliphatic heterocycles. The maximum Gasteiger partial charge on any atom is 0.289 e. The molecule has 0 unspecified atom stereocenters. The van der Waals surface area contributed by atoms with Crippen LogP contribution in [0.4, 0.5) is 0 Å². The van der Waals surface area contributed by atoms with Crippen molar-refractivity contribution in [2.24, 2.45) is 0 Å². The van der Waals surface area contributed by atoms with E-state index in [4.69, 9.17) is 4.42 Å². The fourth-order valence-corrected chi connectivity index (χ4v) is 1.06. The van der Waals surface area contributed by atoms with Crippen molar-refractivity contribution in [3.63, 3.8) is 0 Å². The molecule has 0 aliphatic rings. The summed E-state index contributed by atoms with van der Waals surface area (Å²) >= 11 is 0. The summed E-state index contributed by atoms with van der Waals surface area (Å²) in [5.41, 5.74) is -0.262. The van der Waals surface area contributed by atoms with Gasteiger partial charge in [-0.1, -0.05) is 13.8 Å². The summed E-state index contributed by atoms with van der Waals surface area (Å²) in [4.78, 5) is 15.7. The fourth-order valence-electron chi connectivity index (χ4n) is 1.06. The smallest absolute Gasteiger partial charge is 0.289 e. The molecular weight excluding hydrogens is 192 g/mol. The van der Waals surface area contributed by atoms with E-state index in [0.29, 0.717) is 5.89 Å². The molecule has 0 saturated carbocycles. The third kappa shape index (κ3) is 3.38. The van der Waals surface area contributed by atoms with Crippen LogP contribution in [-0.2, 0) is 0 Å². The maximum absolute atomic E-state index is 11.7. The van der Waals surface area contributed by atoms with Crippen LogP contribution in [0, 0.1) is 0 Å². The van der Waals surface area contributed by atoms with Crippen LogP contribution in [0.25, 0.3) is 0 Å². The van der Waals surface area contributed by atoms with Gasteiger partial charge in [0, 0.05) is 11.5 Å². The number of nitrogens with zero attached hydrogens (tertiary/aromatic N) is 1. The number of amides is 1. The Morgan fingerprint density at radius 2 is 2.07 bits per heavy atom. The van der Waals surface area contributed by atoms with Crippen LogP contribution in [0.15, 0.2) is 10.6 Å². The highest BCUT2D eigenvalue weighted by Crippen LogP contribution is 2.14. The third-order valence-corrected chi connectivity index (χ3v) is 1.73. The van der Waals surface area contributed by atoms with Gasteiger partial charge in [0.2, 0.25) is 5.76 Å². The molecule has 4 nitrogen and oxygen atoms in total. The van der Waals surface area contributed by atoms with Crippen LogP contribution in [0.2, 0.25) is 0 Å². The molecule has 4 heteroatoms. The molecule has 15 heavy (non-hydrogen) atoms. The number of carbonyl (C=O) groups is 1. The molecule has 1 heterocycles. The van der Waals surface area contributed by atoms with Gasteiger partial charge in [-0.15, -0.1) is 0 Å². The topological polar surface area (TPSA) is 55.1 Å². The first-order valence-electron chi connectivity index (χ1n) is 5.08. The van der Waals surface area contributed by atoms with E-state index in [1.807, 2.05) is 34.6 Å². The van der Waals surface area contributed by atoms with Gasteiger partial charge in [-0.3, -0.25) is 4.79 Å². The predicted octanol–water partition coefficient (Wildman–Crippen LogP) is 2.33. The SMILES string of the molecule is CC(C)c1ncc(C(=O)NC(C)(C)C)o1. The zero-order valence-electron chi connectivity index (χ0n) is 9.92. The molecule has 0 aromatic carbocycles. The van der Waals surface area contributed by atoms with E-state index in [-0.39, 0.29) is 23.1 Å². The quantitative estimate of drug-likeness (QED) is 0.815. The average Bonchev–Trinajstić information content (AvgIpc) is 2.47. The number of oxazole rings is 1. The van der Waals surface area contributed by atoms with Crippen LogP contribution >= 0.6 is 0 Å². The molecule has 1 rings (SSSR count). The Bertz CT molecular complexity index is 348. The highest BCUT2D eigenvalue weighted by Gasteiger charge is 2.19. The number of hydrogen-bond acceptors (Lipinski definition) is 3. The minimum atomic E-state index is -0.262. The molecular formula is C11H18N2O2. The van der Waals surface area contributed by atoms with Crippen LogP contribution in [0.5, 0.6) is 0 Å². The van der Waals surface area contributed by atoms with Crippen molar-refractivity contribution in [2.45, 2.75) is 46.1 Å². The first kappa shape index (κ1) is 11.8. The number of hydrogen-bond donors (Lipinski definition) is 1. The highest BCUT2D eigenvalue weighted by molar-refractivity contribution is 5.91. The van der Waals surface area contributed by atoms with Crippen molar-refractivity contribution >= 4 is 5.91 Å². The molecule has 0 saturated heterocycles. The van der Waals surface area contributed by atoms with Crippen LogP contribution in [0.3, 0.4) is 0 Å². The molecule has 1 aromatic heterocycles. The summed E-state index contributed by atoms with van der Waals surface area (Å²) in [6, 6.07) is 0. The van der Waals surface area contributed by atoms with E-state index in [0.717, 1.165) is 0 Å². The summed E-state index contributed by atoms with van der Waals surface area (Å²) in [7, 11) is 0. The van der Waals surface area contributed by atoms with Crippen molar-refractivity contribution in [1.82, 2.24) is 10.3 Å². The standard InChI is InChI=1S/C11H18N2O2/c1-7(2)10-12-6-8(15-10)9(14)13-11(3,4)5/h6-7H,1-5H3,(H,13,14). The highest BCUT2D eigenvalue weighted by atomic mass is 16.4. The predicted molar refractivity (Wildman–Crippen MR) is 57.8 cm³/mol. The lowest BCUT2D eigenvalue weighted by Crippen LogP contribution is -2.40. The van der Waals surface area contributed by atoms with E-state index in [1.54, 1.807) is 0 Å². The Hall–Kier alpha value is -1.32. The lowest BCUT2D eigenvalue weighted by atomic mass is 10.1. The Labute approximate surface area is 90.1 Å². The molecule has 0 atom stereocenters. The Balaban J connectivity index is 2.75. The van der Waals surface area contributed by atoms with Gasteiger partial charge in [0.05, 0.1) is 6.20 Å². The summed E-state index contributed by atoms with van der Waals surface area (Å²) in [5, 5.41) is 2.81. The van der Waals surface area contributed by atoms with Gasteiger partial charge in [0.25, 0.3) is 5.91 Å². The van der Waals surface area contributed by atoms with E-state index in [9.17, 15) is 4.79 Å². The summed E-state index contributed by atoms with van der Waals surface area (Å²) < 4.78 is 5.33. The first-order valence-corrected chi connectivity index (χ1v) is 5.08. The molecule has 1 amide bonds. The molecule has 1 aromatic rings. The number of aromatic nitrogens is 1. The van der Waals surface area contributed by atoms with E-state index < -0.39 is 0 Å². The van der Waals surface area contributed by atoms with Gasteiger partial charge < -0.3 is 9.73 Å². The van der Waals surface area contributed by atoms with Gasteiger partial charge in [-0.25, -0.2) is 4.98 Å². The lowest BCUT2D eigenvalue weighted by Gasteiger charge is -2.19. The monoisotopic (exact) mass is 210 g/mol. The molecule has 1 N–H and O–H groups in total. The van der Waals surface area contributed by atoms with Gasteiger partial charge in [0.1, 0.15) is 0 Å². The molecule has 0 radical (unpaired) electrons. The van der Waals surface area contributed by atoms with Crippen molar-refractivity contribution in [2.75, 3.05) is 0 Å². The van der Waals surface area contributed by atoms with Crippen molar-refractivity contribution in [3.8, 4) is 0 Å². The summed E-state index contributed by atoms with van der Waals surface area (Å²) in [6.07, 6.45) is 1.47. The van der Waals surface area contributed by atoms with E-state index in [2.05, 4.69) is 10.3 Å². The van der Waals surface area contributed by atoms with Crippen LogP contribution < -0.4 is 5.32 Å². The normalized spacial score (nSPS) is 11.9. The van der Waals surface area contributed by atoms with Gasteiger partial charge in [-0.05, 0) is 20.8 Å². The molecule has 84 valence electrons. The largest absolute Gasteiger partial charge is 0.435 e. The van der Waals surface area contributed by atoms with E-state index >= 15 is 0 Å².